The normalized spacial score (nSPS) is 17.9. The van der Waals surface area contributed by atoms with Crippen LogP contribution in [0.1, 0.15) is 24.0 Å². The summed E-state index contributed by atoms with van der Waals surface area (Å²) >= 11 is 0. The summed E-state index contributed by atoms with van der Waals surface area (Å²) in [6.07, 6.45) is 1.94. The Morgan fingerprint density at radius 3 is 2.76 bits per heavy atom. The molecule has 0 atom stereocenters. The van der Waals surface area contributed by atoms with Gasteiger partial charge in [0.25, 0.3) is 0 Å². The number of hydrogen-bond acceptors (Lipinski definition) is 3. The fourth-order valence-corrected chi connectivity index (χ4v) is 2.15. The van der Waals surface area contributed by atoms with Gasteiger partial charge < -0.3 is 5.73 Å². The lowest BCUT2D eigenvalue weighted by Gasteiger charge is -2.30. The standard InChI is InChI=1S/C13H16FN3/c14-12-2-1-10(8-15)11(7-12)9-17-5-3-13(16)4-6-17/h1-2,7,13H,3-6,9,16H2. The number of piperidine rings is 1. The molecule has 0 spiro atoms. The number of rotatable bonds is 2. The molecule has 0 unspecified atom stereocenters. The highest BCUT2D eigenvalue weighted by atomic mass is 19.1. The Labute approximate surface area is 101 Å². The molecule has 1 aliphatic rings. The van der Waals surface area contributed by atoms with E-state index in [1.807, 2.05) is 0 Å². The van der Waals surface area contributed by atoms with Gasteiger partial charge in [-0.25, -0.2) is 4.39 Å². The van der Waals surface area contributed by atoms with E-state index >= 15 is 0 Å². The zero-order chi connectivity index (χ0) is 12.3. The molecule has 0 bridgehead atoms. The predicted molar refractivity (Wildman–Crippen MR) is 63.6 cm³/mol. The van der Waals surface area contributed by atoms with Crippen molar-refractivity contribution in [2.24, 2.45) is 5.73 Å². The predicted octanol–water partition coefficient (Wildman–Crippen LogP) is 1.62. The van der Waals surface area contributed by atoms with Gasteiger partial charge >= 0.3 is 0 Å². The third-order valence-electron chi connectivity index (χ3n) is 3.21. The Kier molecular flexibility index (Phi) is 3.72. The number of benzene rings is 1. The van der Waals surface area contributed by atoms with Crippen LogP contribution >= 0.6 is 0 Å². The van der Waals surface area contributed by atoms with Crippen LogP contribution in [0.2, 0.25) is 0 Å². The van der Waals surface area contributed by atoms with Gasteiger partial charge in [0.15, 0.2) is 0 Å². The maximum absolute atomic E-state index is 13.2. The van der Waals surface area contributed by atoms with Gasteiger partial charge in [-0.2, -0.15) is 5.26 Å². The van der Waals surface area contributed by atoms with Crippen molar-refractivity contribution in [2.75, 3.05) is 13.1 Å². The van der Waals surface area contributed by atoms with E-state index in [0.29, 0.717) is 12.1 Å². The van der Waals surface area contributed by atoms with Crippen LogP contribution < -0.4 is 5.73 Å². The van der Waals surface area contributed by atoms with Gasteiger partial charge in [-0.1, -0.05) is 0 Å². The van der Waals surface area contributed by atoms with E-state index in [1.54, 1.807) is 6.07 Å². The first-order chi connectivity index (χ1) is 8.19. The summed E-state index contributed by atoms with van der Waals surface area (Å²) < 4.78 is 13.2. The molecular formula is C13H16FN3. The summed E-state index contributed by atoms with van der Waals surface area (Å²) in [5.41, 5.74) is 7.15. The number of halogens is 1. The lowest BCUT2D eigenvalue weighted by molar-refractivity contribution is 0.205. The summed E-state index contributed by atoms with van der Waals surface area (Å²) in [6, 6.07) is 6.71. The van der Waals surface area contributed by atoms with Gasteiger partial charge in [-0.05, 0) is 49.7 Å². The highest BCUT2D eigenvalue weighted by Crippen LogP contribution is 2.16. The van der Waals surface area contributed by atoms with Gasteiger partial charge in [0.05, 0.1) is 11.6 Å². The second-order valence-corrected chi connectivity index (χ2v) is 4.53. The first kappa shape index (κ1) is 12.0. The topological polar surface area (TPSA) is 53.0 Å². The van der Waals surface area contributed by atoms with Crippen LogP contribution in [0.25, 0.3) is 0 Å². The highest BCUT2D eigenvalue weighted by Gasteiger charge is 2.17. The van der Waals surface area contributed by atoms with Gasteiger partial charge in [-0.3, -0.25) is 4.90 Å². The molecule has 1 aromatic rings. The summed E-state index contributed by atoms with van der Waals surface area (Å²) in [6.45, 7) is 2.47. The summed E-state index contributed by atoms with van der Waals surface area (Å²) in [4.78, 5) is 2.22. The van der Waals surface area contributed by atoms with Crippen molar-refractivity contribution in [1.29, 1.82) is 5.26 Å². The molecule has 2 rings (SSSR count). The van der Waals surface area contributed by atoms with Gasteiger partial charge in [0.2, 0.25) is 0 Å². The Morgan fingerprint density at radius 1 is 1.41 bits per heavy atom. The fourth-order valence-electron chi connectivity index (χ4n) is 2.15. The molecule has 0 radical (unpaired) electrons. The van der Waals surface area contributed by atoms with Crippen molar-refractivity contribution in [3.05, 3.63) is 35.1 Å². The van der Waals surface area contributed by atoms with E-state index in [1.165, 1.54) is 12.1 Å². The minimum atomic E-state index is -0.285. The molecule has 3 nitrogen and oxygen atoms in total. The average Bonchev–Trinajstić information content (AvgIpc) is 2.32. The molecule has 2 N–H and O–H groups in total. The fraction of sp³-hybridized carbons (Fsp3) is 0.462. The molecule has 0 aliphatic carbocycles. The molecule has 4 heteroatoms. The molecule has 1 fully saturated rings. The van der Waals surface area contributed by atoms with E-state index in [4.69, 9.17) is 11.0 Å². The maximum Gasteiger partial charge on any atom is 0.123 e. The second kappa shape index (κ2) is 5.26. The Hall–Kier alpha value is -1.44. The minimum Gasteiger partial charge on any atom is -0.328 e. The van der Waals surface area contributed by atoms with Gasteiger partial charge in [0, 0.05) is 12.6 Å². The van der Waals surface area contributed by atoms with Crippen molar-refractivity contribution in [3.63, 3.8) is 0 Å². The van der Waals surface area contributed by atoms with Crippen LogP contribution in [0.5, 0.6) is 0 Å². The van der Waals surface area contributed by atoms with Crippen molar-refractivity contribution >= 4 is 0 Å². The van der Waals surface area contributed by atoms with Gasteiger partial charge in [-0.15, -0.1) is 0 Å². The first-order valence-corrected chi connectivity index (χ1v) is 5.85. The van der Waals surface area contributed by atoms with Crippen LogP contribution in [0, 0.1) is 17.1 Å². The second-order valence-electron chi connectivity index (χ2n) is 4.53. The number of hydrogen-bond donors (Lipinski definition) is 1. The van der Waals surface area contributed by atoms with Crippen LogP contribution in [0.3, 0.4) is 0 Å². The monoisotopic (exact) mass is 233 g/mol. The molecule has 0 aromatic heterocycles. The van der Waals surface area contributed by atoms with Crippen LogP contribution in [0.4, 0.5) is 4.39 Å². The molecule has 1 saturated heterocycles. The zero-order valence-electron chi connectivity index (χ0n) is 9.69. The Balaban J connectivity index is 2.08. The molecule has 17 heavy (non-hydrogen) atoms. The molecular weight excluding hydrogens is 217 g/mol. The minimum absolute atomic E-state index is 0.285. The van der Waals surface area contributed by atoms with Crippen molar-refractivity contribution in [2.45, 2.75) is 25.4 Å². The molecule has 1 aliphatic heterocycles. The zero-order valence-corrected chi connectivity index (χ0v) is 9.69. The average molecular weight is 233 g/mol. The number of nitrogens with two attached hydrogens (primary N) is 1. The van der Waals surface area contributed by atoms with Gasteiger partial charge in [0.1, 0.15) is 5.82 Å². The smallest absolute Gasteiger partial charge is 0.123 e. The lowest BCUT2D eigenvalue weighted by Crippen LogP contribution is -2.39. The van der Waals surface area contributed by atoms with E-state index in [2.05, 4.69) is 11.0 Å². The lowest BCUT2D eigenvalue weighted by atomic mass is 10.0. The summed E-state index contributed by atoms with van der Waals surface area (Å²) in [5, 5.41) is 8.97. The molecule has 1 heterocycles. The van der Waals surface area contributed by atoms with E-state index in [0.717, 1.165) is 31.5 Å². The Bertz CT molecular complexity index is 431. The SMILES string of the molecule is N#Cc1ccc(F)cc1CN1CCC(N)CC1. The van der Waals surface area contributed by atoms with E-state index in [-0.39, 0.29) is 11.9 Å². The van der Waals surface area contributed by atoms with E-state index < -0.39 is 0 Å². The number of likely N-dealkylation sites (tertiary alicyclic amines) is 1. The largest absolute Gasteiger partial charge is 0.328 e. The third kappa shape index (κ3) is 3.02. The molecule has 90 valence electrons. The van der Waals surface area contributed by atoms with Crippen molar-refractivity contribution in [1.82, 2.24) is 4.90 Å². The Morgan fingerprint density at radius 2 is 2.12 bits per heavy atom. The molecule has 0 saturated carbocycles. The summed E-state index contributed by atoms with van der Waals surface area (Å²) in [7, 11) is 0. The highest BCUT2D eigenvalue weighted by molar-refractivity contribution is 5.37. The third-order valence-corrected chi connectivity index (χ3v) is 3.21. The number of nitrogens with zero attached hydrogens (tertiary/aromatic N) is 2. The van der Waals surface area contributed by atoms with Crippen LogP contribution in [-0.2, 0) is 6.54 Å². The number of nitriles is 1. The van der Waals surface area contributed by atoms with Crippen LogP contribution in [-0.4, -0.2) is 24.0 Å². The first-order valence-electron chi connectivity index (χ1n) is 5.85. The molecule has 0 amide bonds. The van der Waals surface area contributed by atoms with Crippen molar-refractivity contribution < 1.29 is 4.39 Å². The summed E-state index contributed by atoms with van der Waals surface area (Å²) in [5.74, 6) is -0.285. The van der Waals surface area contributed by atoms with Crippen molar-refractivity contribution in [3.8, 4) is 6.07 Å². The maximum atomic E-state index is 13.2. The quantitative estimate of drug-likeness (QED) is 0.844. The van der Waals surface area contributed by atoms with Crippen LogP contribution in [0.15, 0.2) is 18.2 Å². The van der Waals surface area contributed by atoms with E-state index in [9.17, 15) is 4.39 Å². The molecule has 1 aromatic carbocycles.